The van der Waals surface area contributed by atoms with Gasteiger partial charge in [-0.15, -0.1) is 0 Å². The quantitative estimate of drug-likeness (QED) is 0.319. The van der Waals surface area contributed by atoms with E-state index in [-0.39, 0.29) is 4.43 Å². The minimum atomic E-state index is -1.06. The van der Waals surface area contributed by atoms with E-state index in [1.807, 2.05) is 0 Å². The number of nitrogens with one attached hydrogen (secondary N) is 1. The monoisotopic (exact) mass is 217 g/mol. The Hall–Kier alpha value is -2.72. The first-order valence-corrected chi connectivity index (χ1v) is 3.38. The fourth-order valence-corrected chi connectivity index (χ4v) is 0.841. The van der Waals surface area contributed by atoms with Crippen molar-refractivity contribution in [3.05, 3.63) is 25.1 Å². The van der Waals surface area contributed by atoms with Crippen molar-refractivity contribution in [2.24, 2.45) is 0 Å². The molecule has 0 aliphatic heterocycles. The van der Waals surface area contributed by atoms with Crippen LogP contribution >= 0.6 is 0 Å². The van der Waals surface area contributed by atoms with Crippen molar-refractivity contribution in [2.75, 3.05) is 11.5 Å². The zero-order valence-electron chi connectivity index (χ0n) is 7.04. The number of nitrogens with zero attached hydrogens (tertiary/aromatic N) is 3. The topological polar surface area (TPSA) is 177 Å². The molecule has 0 saturated carbocycles. The van der Waals surface area contributed by atoms with Gasteiger partial charge in [-0.3, -0.25) is 0 Å². The summed E-state index contributed by atoms with van der Waals surface area (Å²) in [4.78, 5) is 31.4. The first-order chi connectivity index (χ1) is 6.86. The lowest BCUT2D eigenvalue weighted by molar-refractivity contribution is -0.487. The molecule has 0 bridgehead atoms. The number of rotatable bonds is 2. The van der Waals surface area contributed by atoms with Crippen molar-refractivity contribution in [1.29, 1.82) is 0 Å². The lowest BCUT2D eigenvalue weighted by Gasteiger charge is -1.98. The smallest absolute Gasteiger partial charge is 0.358 e. The molecule has 0 fully saturated rings. The van der Waals surface area contributed by atoms with E-state index in [1.165, 1.54) is 0 Å². The zero-order valence-corrected chi connectivity index (χ0v) is 7.04. The van der Waals surface area contributed by atoms with E-state index in [9.17, 15) is 25.1 Å². The summed E-state index contributed by atoms with van der Waals surface area (Å²) in [7, 11) is 0. The molecular formula is C4H5N6O5+. The second-order valence-corrected chi connectivity index (χ2v) is 2.40. The SMILES string of the molecule is Nc1c([N+](=O)[O-])[nH]c([N+](=O)[O-])c(N)[n+]1=O. The summed E-state index contributed by atoms with van der Waals surface area (Å²) in [6.45, 7) is 0. The minimum Gasteiger partial charge on any atom is -0.358 e. The van der Waals surface area contributed by atoms with Gasteiger partial charge in [0.15, 0.2) is 0 Å². The highest BCUT2D eigenvalue weighted by Gasteiger charge is 2.28. The first kappa shape index (κ1) is 10.4. The fraction of sp³-hybridized carbons (Fsp3) is 0. The van der Waals surface area contributed by atoms with Gasteiger partial charge in [0, 0.05) is 4.43 Å². The summed E-state index contributed by atoms with van der Waals surface area (Å²) in [5, 5.41) is 20.7. The number of nitrogens with two attached hydrogens (primary N) is 2. The predicted octanol–water partition coefficient (Wildman–Crippen LogP) is -1.09. The molecular weight excluding hydrogens is 212 g/mol. The van der Waals surface area contributed by atoms with Crippen LogP contribution in [0, 0.1) is 25.1 Å². The van der Waals surface area contributed by atoms with Crippen molar-refractivity contribution in [3.8, 4) is 0 Å². The third-order valence-electron chi connectivity index (χ3n) is 1.52. The molecule has 0 radical (unpaired) electrons. The summed E-state index contributed by atoms with van der Waals surface area (Å²) in [6, 6.07) is 0. The molecule has 0 aliphatic rings. The van der Waals surface area contributed by atoms with Crippen LogP contribution in [-0.4, -0.2) is 14.8 Å². The van der Waals surface area contributed by atoms with Crippen LogP contribution in [0.2, 0.25) is 0 Å². The Balaban J connectivity index is 3.67. The number of H-pyrrole nitrogens is 1. The Kier molecular flexibility index (Phi) is 2.22. The molecule has 1 heterocycles. The van der Waals surface area contributed by atoms with E-state index in [4.69, 9.17) is 11.5 Å². The number of hydrogen-bond acceptors (Lipinski definition) is 7. The molecule has 0 amide bonds. The van der Waals surface area contributed by atoms with Gasteiger partial charge < -0.3 is 31.7 Å². The summed E-state index contributed by atoms with van der Waals surface area (Å²) in [6.07, 6.45) is 0. The van der Waals surface area contributed by atoms with Gasteiger partial charge in [-0.25, -0.2) is 0 Å². The number of aromatic nitrogens is 2. The zero-order chi connectivity index (χ0) is 11.7. The summed E-state index contributed by atoms with van der Waals surface area (Å²) < 4.78 is -0.285. The first-order valence-electron chi connectivity index (χ1n) is 3.38. The van der Waals surface area contributed by atoms with Crippen LogP contribution in [-0.2, 0) is 0 Å². The average Bonchev–Trinajstić information content (AvgIpc) is 2.13. The fourth-order valence-electron chi connectivity index (χ4n) is 0.841. The van der Waals surface area contributed by atoms with E-state index >= 15 is 0 Å². The number of anilines is 2. The van der Waals surface area contributed by atoms with Crippen molar-refractivity contribution >= 4 is 23.3 Å². The van der Waals surface area contributed by atoms with Crippen LogP contribution in [0.3, 0.4) is 0 Å². The van der Waals surface area contributed by atoms with Gasteiger partial charge in [0.1, 0.15) is 0 Å². The van der Waals surface area contributed by atoms with E-state index in [0.717, 1.165) is 0 Å². The summed E-state index contributed by atoms with van der Waals surface area (Å²) in [5.41, 5.74) is 10.1. The minimum absolute atomic E-state index is 0.285. The maximum absolute atomic E-state index is 11.1. The van der Waals surface area contributed by atoms with Crippen LogP contribution in [0.15, 0.2) is 0 Å². The van der Waals surface area contributed by atoms with E-state index < -0.39 is 33.1 Å². The molecule has 0 aliphatic carbocycles. The average molecular weight is 217 g/mol. The summed E-state index contributed by atoms with van der Waals surface area (Å²) in [5.74, 6) is -3.65. The number of aromatic amines is 1. The highest BCUT2D eigenvalue weighted by molar-refractivity contribution is 5.51. The van der Waals surface area contributed by atoms with Crippen LogP contribution in [0.1, 0.15) is 0 Å². The second kappa shape index (κ2) is 3.21. The van der Waals surface area contributed by atoms with Gasteiger partial charge >= 0.3 is 23.3 Å². The van der Waals surface area contributed by atoms with Gasteiger partial charge in [0.2, 0.25) is 0 Å². The van der Waals surface area contributed by atoms with Gasteiger partial charge in [0.05, 0.1) is 0 Å². The maximum atomic E-state index is 11.1. The molecule has 0 unspecified atom stereocenters. The van der Waals surface area contributed by atoms with E-state index in [0.29, 0.717) is 0 Å². The maximum Gasteiger partial charge on any atom is 0.401 e. The Labute approximate surface area is 80.2 Å². The third-order valence-corrected chi connectivity index (χ3v) is 1.52. The van der Waals surface area contributed by atoms with Crippen LogP contribution in [0.4, 0.5) is 23.3 Å². The second-order valence-electron chi connectivity index (χ2n) is 2.40. The molecule has 0 saturated heterocycles. The molecule has 80 valence electrons. The molecule has 1 rings (SSSR count). The Bertz CT molecular complexity index is 464. The highest BCUT2D eigenvalue weighted by atomic mass is 16.6. The van der Waals surface area contributed by atoms with E-state index in [1.54, 1.807) is 4.98 Å². The molecule has 11 nitrogen and oxygen atoms in total. The predicted molar refractivity (Wildman–Crippen MR) is 46.3 cm³/mol. The van der Waals surface area contributed by atoms with Crippen LogP contribution in [0.5, 0.6) is 0 Å². The van der Waals surface area contributed by atoms with Gasteiger partial charge in [-0.05, 0) is 9.85 Å². The van der Waals surface area contributed by atoms with Crippen molar-refractivity contribution < 1.29 is 14.3 Å². The molecule has 15 heavy (non-hydrogen) atoms. The van der Waals surface area contributed by atoms with E-state index in [2.05, 4.69) is 0 Å². The van der Waals surface area contributed by atoms with Gasteiger partial charge in [0.25, 0.3) is 0 Å². The van der Waals surface area contributed by atoms with Gasteiger partial charge in [-0.2, -0.15) is 4.98 Å². The Morgan fingerprint density at radius 3 is 1.67 bits per heavy atom. The van der Waals surface area contributed by atoms with Crippen molar-refractivity contribution in [2.45, 2.75) is 0 Å². The number of nitrogen functional groups attached to an aromatic ring is 2. The van der Waals surface area contributed by atoms with Gasteiger partial charge in [-0.1, -0.05) is 4.91 Å². The normalized spacial score (nSPS) is 9.87. The molecule has 1 aromatic heterocycles. The van der Waals surface area contributed by atoms with Crippen molar-refractivity contribution in [3.63, 3.8) is 0 Å². The molecule has 0 spiro atoms. The molecule has 0 aromatic carbocycles. The van der Waals surface area contributed by atoms with Crippen molar-refractivity contribution in [1.82, 2.24) is 4.98 Å². The molecule has 0 atom stereocenters. The lowest BCUT2D eigenvalue weighted by atomic mass is 10.5. The third kappa shape index (κ3) is 1.52. The standard InChI is InChI=1S/C4H5N6O5/c5-1-3(9(12)13)7-4(10(14)15)2(6)8(1)11/h5-6H2,(H,7,11)/q+1. The Morgan fingerprint density at radius 2 is 1.40 bits per heavy atom. The molecule has 1 aromatic rings. The largest absolute Gasteiger partial charge is 0.401 e. The molecule has 5 N–H and O–H groups in total. The highest BCUT2D eigenvalue weighted by Crippen LogP contribution is 2.21. The van der Waals surface area contributed by atoms with Crippen LogP contribution in [0.25, 0.3) is 0 Å². The van der Waals surface area contributed by atoms with Crippen LogP contribution < -0.4 is 15.9 Å². The lowest BCUT2D eigenvalue weighted by Crippen LogP contribution is -2.28. The molecule has 11 heteroatoms. The number of nitro groups is 2. The Morgan fingerprint density at radius 1 is 1.07 bits per heavy atom. The summed E-state index contributed by atoms with van der Waals surface area (Å²) >= 11 is 0. The number of hydrogen-bond donors (Lipinski definition) is 3.